The number of carbonyl (C=O) groups excluding carboxylic acids is 1. The molecule has 0 aliphatic rings. The molecule has 3 nitrogen and oxygen atoms in total. The third-order valence-corrected chi connectivity index (χ3v) is 2.37. The van der Waals surface area contributed by atoms with E-state index in [2.05, 4.69) is 6.58 Å². The van der Waals surface area contributed by atoms with Crippen LogP contribution in [0.25, 0.3) is 5.76 Å². The van der Waals surface area contributed by atoms with Crippen molar-refractivity contribution in [2.24, 2.45) is 0 Å². The number of hydrogen-bond donors (Lipinski definition) is 1. The summed E-state index contributed by atoms with van der Waals surface area (Å²) >= 11 is 0. The van der Waals surface area contributed by atoms with E-state index >= 15 is 0 Å². The van der Waals surface area contributed by atoms with Crippen LogP contribution in [0.2, 0.25) is 0 Å². The largest absolute Gasteiger partial charge is 0.491 e. The lowest BCUT2D eigenvalue weighted by Gasteiger charge is -2.08. The van der Waals surface area contributed by atoms with Gasteiger partial charge in [-0.2, -0.15) is 0 Å². The van der Waals surface area contributed by atoms with Gasteiger partial charge in [-0.3, -0.25) is 4.79 Å². The molecule has 0 aromatic heterocycles. The lowest BCUT2D eigenvalue weighted by Crippen LogP contribution is -2.00. The van der Waals surface area contributed by atoms with Crippen molar-refractivity contribution in [3.05, 3.63) is 42.0 Å². The van der Waals surface area contributed by atoms with E-state index in [1.807, 2.05) is 19.1 Å². The van der Waals surface area contributed by atoms with Crippen molar-refractivity contribution >= 4 is 11.5 Å². The fraction of sp³-hybridized carbons (Fsp3) is 0.357. The van der Waals surface area contributed by atoms with Crippen molar-refractivity contribution in [3.8, 4) is 0 Å². The zero-order valence-electron chi connectivity index (χ0n) is 10.1. The molecule has 0 spiro atoms. The van der Waals surface area contributed by atoms with Gasteiger partial charge in [-0.1, -0.05) is 37.8 Å². The first-order chi connectivity index (χ1) is 8.19. The van der Waals surface area contributed by atoms with Crippen LogP contribution in [0.5, 0.6) is 0 Å². The molecule has 1 aromatic carbocycles. The molecule has 17 heavy (non-hydrogen) atoms. The Hall–Kier alpha value is -1.61. The van der Waals surface area contributed by atoms with E-state index in [9.17, 15) is 4.79 Å². The number of rotatable bonds is 7. The fourth-order valence-corrected chi connectivity index (χ4v) is 1.47. The molecule has 3 heteroatoms. The van der Waals surface area contributed by atoms with Crippen LogP contribution in [0, 0.1) is 0 Å². The number of aliphatic hydroxyl groups excluding tert-OH is 1. The molecule has 0 fully saturated rings. The van der Waals surface area contributed by atoms with E-state index < -0.39 is 0 Å². The van der Waals surface area contributed by atoms with Crippen LogP contribution in [0.15, 0.2) is 30.8 Å². The van der Waals surface area contributed by atoms with Gasteiger partial charge in [-0.15, -0.1) is 0 Å². The molecule has 0 heterocycles. The van der Waals surface area contributed by atoms with Crippen LogP contribution in [-0.4, -0.2) is 24.1 Å². The average molecular weight is 234 g/mol. The summed E-state index contributed by atoms with van der Waals surface area (Å²) in [5.41, 5.74) is 1.54. The molecule has 0 saturated heterocycles. The molecule has 1 N–H and O–H groups in total. The Morgan fingerprint density at radius 2 is 1.88 bits per heavy atom. The minimum atomic E-state index is -0.0356. The van der Waals surface area contributed by atoms with Crippen molar-refractivity contribution < 1.29 is 14.6 Å². The van der Waals surface area contributed by atoms with Crippen LogP contribution in [0.1, 0.15) is 35.7 Å². The minimum Gasteiger partial charge on any atom is -0.491 e. The standard InChI is InChI=1S/C14H18O3/c1-3-4-14(16)13-7-5-12(6-8-13)11(2)17-10-9-15/h5-8,15H,2-4,9-10H2,1H3. The van der Waals surface area contributed by atoms with Crippen molar-refractivity contribution in [2.45, 2.75) is 19.8 Å². The Kier molecular flexibility index (Phi) is 5.43. The van der Waals surface area contributed by atoms with Gasteiger partial charge in [0.2, 0.25) is 0 Å². The second-order valence-electron chi connectivity index (χ2n) is 3.75. The van der Waals surface area contributed by atoms with Crippen LogP contribution >= 0.6 is 0 Å². The first-order valence-electron chi connectivity index (χ1n) is 5.75. The number of aliphatic hydroxyl groups is 1. The summed E-state index contributed by atoms with van der Waals surface area (Å²) in [5.74, 6) is 0.662. The van der Waals surface area contributed by atoms with Crippen LogP contribution in [0.3, 0.4) is 0 Å². The molecular weight excluding hydrogens is 216 g/mol. The predicted molar refractivity (Wildman–Crippen MR) is 67.8 cm³/mol. The van der Waals surface area contributed by atoms with Gasteiger partial charge >= 0.3 is 0 Å². The number of hydrogen-bond acceptors (Lipinski definition) is 3. The third kappa shape index (κ3) is 4.04. The molecule has 0 radical (unpaired) electrons. The molecule has 0 bridgehead atoms. The number of ether oxygens (including phenoxy) is 1. The number of carbonyl (C=O) groups is 1. The SMILES string of the molecule is C=C(OCCO)c1ccc(C(=O)CCC)cc1. The highest BCUT2D eigenvalue weighted by atomic mass is 16.5. The molecule has 0 atom stereocenters. The summed E-state index contributed by atoms with van der Waals surface area (Å²) in [6, 6.07) is 7.17. The molecule has 1 rings (SSSR count). The highest BCUT2D eigenvalue weighted by Crippen LogP contribution is 2.15. The van der Waals surface area contributed by atoms with Crippen molar-refractivity contribution in [1.82, 2.24) is 0 Å². The van der Waals surface area contributed by atoms with E-state index in [1.165, 1.54) is 0 Å². The number of Topliss-reactive ketones (excluding diaryl/α,β-unsaturated/α-hetero) is 1. The topological polar surface area (TPSA) is 46.5 Å². The maximum Gasteiger partial charge on any atom is 0.162 e. The van der Waals surface area contributed by atoms with Gasteiger partial charge in [-0.25, -0.2) is 0 Å². The van der Waals surface area contributed by atoms with E-state index in [-0.39, 0.29) is 19.0 Å². The first-order valence-corrected chi connectivity index (χ1v) is 5.75. The lowest BCUT2D eigenvalue weighted by molar-refractivity contribution is 0.0981. The zero-order chi connectivity index (χ0) is 12.7. The van der Waals surface area contributed by atoms with Crippen molar-refractivity contribution in [3.63, 3.8) is 0 Å². The molecule has 1 aromatic rings. The molecule has 0 aliphatic carbocycles. The molecule has 0 amide bonds. The van der Waals surface area contributed by atoms with Crippen LogP contribution in [-0.2, 0) is 4.74 Å². The molecule has 92 valence electrons. The molecule has 0 unspecified atom stereocenters. The maximum atomic E-state index is 11.6. The average Bonchev–Trinajstić information content (AvgIpc) is 2.36. The van der Waals surface area contributed by atoms with Gasteiger partial charge in [-0.05, 0) is 6.42 Å². The second kappa shape index (κ2) is 6.86. The van der Waals surface area contributed by atoms with Gasteiger partial charge in [0.1, 0.15) is 12.4 Å². The van der Waals surface area contributed by atoms with E-state index in [4.69, 9.17) is 9.84 Å². The number of benzene rings is 1. The Labute approximate surface area is 102 Å². The minimum absolute atomic E-state index is 0.0356. The zero-order valence-corrected chi connectivity index (χ0v) is 10.1. The Balaban J connectivity index is 2.67. The third-order valence-electron chi connectivity index (χ3n) is 2.37. The maximum absolute atomic E-state index is 11.6. The van der Waals surface area contributed by atoms with Gasteiger partial charge < -0.3 is 9.84 Å². The smallest absolute Gasteiger partial charge is 0.162 e. The van der Waals surface area contributed by atoms with Crippen molar-refractivity contribution in [1.29, 1.82) is 0 Å². The summed E-state index contributed by atoms with van der Waals surface area (Å²) in [6.45, 7) is 5.93. The molecule has 0 aliphatic heterocycles. The Bertz CT molecular complexity index is 379. The van der Waals surface area contributed by atoms with Crippen LogP contribution in [0.4, 0.5) is 0 Å². The summed E-state index contributed by atoms with van der Waals surface area (Å²) in [4.78, 5) is 11.6. The quantitative estimate of drug-likeness (QED) is 0.582. The van der Waals surface area contributed by atoms with Gasteiger partial charge in [0, 0.05) is 17.5 Å². The normalized spacial score (nSPS) is 10.0. The van der Waals surface area contributed by atoms with Gasteiger partial charge in [0.05, 0.1) is 6.61 Å². The van der Waals surface area contributed by atoms with E-state index in [0.29, 0.717) is 17.7 Å². The highest BCUT2D eigenvalue weighted by Gasteiger charge is 2.05. The van der Waals surface area contributed by atoms with Gasteiger partial charge in [0.15, 0.2) is 5.78 Å². The van der Waals surface area contributed by atoms with Crippen molar-refractivity contribution in [2.75, 3.05) is 13.2 Å². The fourth-order valence-electron chi connectivity index (χ4n) is 1.47. The first kappa shape index (κ1) is 13.5. The lowest BCUT2D eigenvalue weighted by atomic mass is 10.0. The van der Waals surface area contributed by atoms with E-state index in [1.54, 1.807) is 12.1 Å². The Morgan fingerprint density at radius 1 is 1.29 bits per heavy atom. The number of ketones is 1. The predicted octanol–water partition coefficient (Wildman–Crippen LogP) is 2.65. The summed E-state index contributed by atoms with van der Waals surface area (Å²) in [6.07, 6.45) is 1.42. The monoisotopic (exact) mass is 234 g/mol. The van der Waals surface area contributed by atoms with Gasteiger partial charge in [0.25, 0.3) is 0 Å². The molecule has 0 saturated carbocycles. The second-order valence-corrected chi connectivity index (χ2v) is 3.75. The van der Waals surface area contributed by atoms with E-state index in [0.717, 1.165) is 12.0 Å². The highest BCUT2D eigenvalue weighted by molar-refractivity contribution is 5.96. The summed E-state index contributed by atoms with van der Waals surface area (Å²) in [5, 5.41) is 8.63. The summed E-state index contributed by atoms with van der Waals surface area (Å²) in [7, 11) is 0. The summed E-state index contributed by atoms with van der Waals surface area (Å²) < 4.78 is 5.20. The van der Waals surface area contributed by atoms with Crippen LogP contribution < -0.4 is 0 Å². The molecular formula is C14H18O3. The Morgan fingerprint density at radius 3 is 2.41 bits per heavy atom.